The third-order valence-corrected chi connectivity index (χ3v) is 3.42. The van der Waals surface area contributed by atoms with Gasteiger partial charge in [-0.05, 0) is 24.6 Å². The zero-order chi connectivity index (χ0) is 14.7. The van der Waals surface area contributed by atoms with E-state index < -0.39 is 6.10 Å². The average molecular weight is 280 g/mol. The Balaban J connectivity index is 1.68. The molecule has 0 saturated carbocycles. The van der Waals surface area contributed by atoms with Crippen LogP contribution in [0, 0.1) is 0 Å². The summed E-state index contributed by atoms with van der Waals surface area (Å²) in [6.07, 6.45) is 2.62. The van der Waals surface area contributed by atoms with Gasteiger partial charge in [-0.15, -0.1) is 0 Å². The molecule has 0 spiro atoms. The molecule has 3 rings (SSSR count). The number of rotatable bonds is 3. The molecule has 0 bridgehead atoms. The molecule has 0 N–H and O–H groups in total. The molecule has 106 valence electrons. The van der Waals surface area contributed by atoms with Crippen molar-refractivity contribution in [2.24, 2.45) is 0 Å². The van der Waals surface area contributed by atoms with E-state index in [1.165, 1.54) is 0 Å². The third-order valence-electron chi connectivity index (χ3n) is 3.42. The van der Waals surface area contributed by atoms with Crippen LogP contribution in [0.1, 0.15) is 24.2 Å². The van der Waals surface area contributed by atoms with E-state index in [1.54, 1.807) is 6.08 Å². The first kappa shape index (κ1) is 13.4. The van der Waals surface area contributed by atoms with Gasteiger partial charge in [0.05, 0.1) is 0 Å². The zero-order valence-corrected chi connectivity index (χ0v) is 11.7. The summed E-state index contributed by atoms with van der Waals surface area (Å²) in [4.78, 5) is 12.2. The van der Waals surface area contributed by atoms with Crippen LogP contribution in [-0.4, -0.2) is 12.1 Å². The van der Waals surface area contributed by atoms with Crippen molar-refractivity contribution >= 4 is 12.0 Å². The highest BCUT2D eigenvalue weighted by Crippen LogP contribution is 2.26. The van der Waals surface area contributed by atoms with Gasteiger partial charge in [-0.2, -0.15) is 0 Å². The number of para-hydroxylation sites is 1. The minimum atomic E-state index is -0.689. The summed E-state index contributed by atoms with van der Waals surface area (Å²) in [5.41, 5.74) is 1.93. The van der Waals surface area contributed by atoms with Crippen LogP contribution in [0.3, 0.4) is 0 Å². The predicted octanol–water partition coefficient (Wildman–Crippen LogP) is 3.77. The maximum Gasteiger partial charge on any atom is 0.352 e. The van der Waals surface area contributed by atoms with E-state index in [2.05, 4.69) is 0 Å². The van der Waals surface area contributed by atoms with Crippen LogP contribution in [0.4, 0.5) is 0 Å². The Morgan fingerprint density at radius 3 is 2.62 bits per heavy atom. The van der Waals surface area contributed by atoms with Crippen molar-refractivity contribution in [3.8, 4) is 5.75 Å². The molecule has 2 aromatic rings. The Kier molecular flexibility index (Phi) is 3.73. The fraction of sp³-hybridized carbons (Fsp3) is 0.167. The summed E-state index contributed by atoms with van der Waals surface area (Å²) in [6.45, 7) is 1.85. The second-order valence-corrected chi connectivity index (χ2v) is 4.93. The number of carbonyl (C=O) groups is 1. The van der Waals surface area contributed by atoms with E-state index in [4.69, 9.17) is 9.47 Å². The highest BCUT2D eigenvalue weighted by Gasteiger charge is 2.25. The maximum absolute atomic E-state index is 12.2. The molecule has 0 radical (unpaired) electrons. The number of carbonyl (C=O) groups excluding carboxylic acids is 1. The largest absolute Gasteiger partial charge is 0.474 e. The highest BCUT2D eigenvalue weighted by atomic mass is 16.6. The summed E-state index contributed by atoms with van der Waals surface area (Å²) in [5, 5.41) is 0. The van der Waals surface area contributed by atoms with Gasteiger partial charge in [-0.1, -0.05) is 54.6 Å². The summed E-state index contributed by atoms with van der Waals surface area (Å²) < 4.78 is 11.1. The molecule has 1 aliphatic heterocycles. The number of hydrogen-bond donors (Lipinski definition) is 0. The fourth-order valence-corrected chi connectivity index (χ4v) is 2.25. The number of ether oxygens (including phenoxy) is 2. The van der Waals surface area contributed by atoms with Crippen LogP contribution in [0.5, 0.6) is 5.75 Å². The lowest BCUT2D eigenvalue weighted by Gasteiger charge is -2.22. The number of benzene rings is 2. The summed E-state index contributed by atoms with van der Waals surface area (Å²) in [7, 11) is 0. The van der Waals surface area contributed by atoms with Gasteiger partial charge < -0.3 is 9.47 Å². The summed E-state index contributed by atoms with van der Waals surface area (Å²) in [5.74, 6) is 0.325. The van der Waals surface area contributed by atoms with Gasteiger partial charge in [0.1, 0.15) is 11.9 Å². The van der Waals surface area contributed by atoms with Gasteiger partial charge in [0.25, 0.3) is 0 Å². The molecule has 3 nitrogen and oxygen atoms in total. The number of hydrogen-bond acceptors (Lipinski definition) is 3. The molecule has 1 heterocycles. The SMILES string of the molecule is C[C@H](OC(=O)C1C=Cc2ccccc2O1)c1ccccc1. The van der Waals surface area contributed by atoms with E-state index in [1.807, 2.05) is 67.6 Å². The molecule has 3 heteroatoms. The van der Waals surface area contributed by atoms with E-state index in [-0.39, 0.29) is 12.1 Å². The second kappa shape index (κ2) is 5.83. The Morgan fingerprint density at radius 1 is 1.10 bits per heavy atom. The standard InChI is InChI=1S/C18H16O3/c1-13(14-7-3-2-4-8-14)20-18(19)17-12-11-15-9-5-6-10-16(15)21-17/h2-13,17H,1H3/t13-,17?/m0/s1. The van der Waals surface area contributed by atoms with Crippen molar-refractivity contribution in [1.82, 2.24) is 0 Å². The van der Waals surface area contributed by atoms with Crippen molar-refractivity contribution < 1.29 is 14.3 Å². The lowest BCUT2D eigenvalue weighted by molar-refractivity contribution is -0.154. The Bertz CT molecular complexity index is 661. The van der Waals surface area contributed by atoms with Crippen LogP contribution in [0.2, 0.25) is 0 Å². The quantitative estimate of drug-likeness (QED) is 0.803. The molecule has 2 aromatic carbocycles. The number of esters is 1. The molecule has 0 aromatic heterocycles. The molecular formula is C18H16O3. The van der Waals surface area contributed by atoms with Gasteiger partial charge >= 0.3 is 5.97 Å². The van der Waals surface area contributed by atoms with Crippen molar-refractivity contribution in [3.63, 3.8) is 0 Å². The van der Waals surface area contributed by atoms with Crippen molar-refractivity contribution in [2.75, 3.05) is 0 Å². The van der Waals surface area contributed by atoms with Crippen LogP contribution < -0.4 is 4.74 Å². The fourth-order valence-electron chi connectivity index (χ4n) is 2.25. The van der Waals surface area contributed by atoms with Gasteiger partial charge in [-0.25, -0.2) is 4.79 Å². The van der Waals surface area contributed by atoms with Crippen LogP contribution in [0.25, 0.3) is 6.08 Å². The van der Waals surface area contributed by atoms with Crippen molar-refractivity contribution in [3.05, 3.63) is 71.8 Å². The first-order valence-corrected chi connectivity index (χ1v) is 6.93. The van der Waals surface area contributed by atoms with E-state index in [0.717, 1.165) is 11.1 Å². The van der Waals surface area contributed by atoms with E-state index in [0.29, 0.717) is 5.75 Å². The Labute approximate surface area is 123 Å². The minimum Gasteiger partial charge on any atom is -0.474 e. The molecular weight excluding hydrogens is 264 g/mol. The lowest BCUT2D eigenvalue weighted by atomic mass is 10.1. The average Bonchev–Trinajstić information content (AvgIpc) is 2.55. The summed E-state index contributed by atoms with van der Waals surface area (Å²) in [6, 6.07) is 17.3. The zero-order valence-electron chi connectivity index (χ0n) is 11.7. The molecule has 0 saturated heterocycles. The highest BCUT2D eigenvalue weighted by molar-refractivity contribution is 5.81. The second-order valence-electron chi connectivity index (χ2n) is 4.93. The van der Waals surface area contributed by atoms with Gasteiger partial charge in [0.2, 0.25) is 6.10 Å². The Morgan fingerprint density at radius 2 is 1.81 bits per heavy atom. The normalized spacial score (nSPS) is 17.5. The van der Waals surface area contributed by atoms with Gasteiger partial charge in [0, 0.05) is 5.56 Å². The topological polar surface area (TPSA) is 35.5 Å². The summed E-state index contributed by atoms with van der Waals surface area (Å²) >= 11 is 0. The van der Waals surface area contributed by atoms with E-state index >= 15 is 0 Å². The number of fused-ring (bicyclic) bond motifs is 1. The van der Waals surface area contributed by atoms with Gasteiger partial charge in [0.15, 0.2) is 0 Å². The maximum atomic E-state index is 12.2. The van der Waals surface area contributed by atoms with Crippen molar-refractivity contribution in [1.29, 1.82) is 0 Å². The van der Waals surface area contributed by atoms with Crippen LogP contribution in [0.15, 0.2) is 60.7 Å². The smallest absolute Gasteiger partial charge is 0.352 e. The molecule has 2 atom stereocenters. The van der Waals surface area contributed by atoms with E-state index in [9.17, 15) is 4.79 Å². The monoisotopic (exact) mass is 280 g/mol. The van der Waals surface area contributed by atoms with Gasteiger partial charge in [-0.3, -0.25) is 0 Å². The van der Waals surface area contributed by atoms with Crippen LogP contribution >= 0.6 is 0 Å². The minimum absolute atomic E-state index is 0.298. The molecule has 1 unspecified atom stereocenters. The molecule has 0 aliphatic carbocycles. The molecule has 0 fully saturated rings. The van der Waals surface area contributed by atoms with Crippen molar-refractivity contribution in [2.45, 2.75) is 19.1 Å². The Hall–Kier alpha value is -2.55. The lowest BCUT2D eigenvalue weighted by Crippen LogP contribution is -2.29. The predicted molar refractivity (Wildman–Crippen MR) is 80.8 cm³/mol. The van der Waals surface area contributed by atoms with Crippen LogP contribution in [-0.2, 0) is 9.53 Å². The molecule has 0 amide bonds. The first-order chi connectivity index (χ1) is 10.2. The first-order valence-electron chi connectivity index (χ1n) is 6.93. The third kappa shape index (κ3) is 2.97. The molecule has 21 heavy (non-hydrogen) atoms. The molecule has 1 aliphatic rings.